The normalized spacial score (nSPS) is 15.2. The number of ether oxygens (including phenoxy) is 2. The van der Waals surface area contributed by atoms with Crippen LogP contribution in [0.4, 0.5) is 23.4 Å². The summed E-state index contributed by atoms with van der Waals surface area (Å²) in [5, 5.41) is 0. The van der Waals surface area contributed by atoms with E-state index in [1.54, 1.807) is 12.3 Å². The SMILES string of the molecule is COc1ncnc(C2CC2)c1-c1ncc2c(n1)N(Cc1ccc(-c3nc(C(F)(F)F)cn3C)c(F)c1)CCO2. The van der Waals surface area contributed by atoms with Crippen molar-refractivity contribution in [3.63, 3.8) is 0 Å². The molecule has 202 valence electrons. The van der Waals surface area contributed by atoms with Gasteiger partial charge in [-0.1, -0.05) is 6.07 Å². The number of imidazole rings is 1. The van der Waals surface area contributed by atoms with E-state index in [0.29, 0.717) is 53.5 Å². The topological polar surface area (TPSA) is 91.1 Å². The molecule has 0 atom stereocenters. The number of nitrogens with zero attached hydrogens (tertiary/aromatic N) is 7. The first-order valence-corrected chi connectivity index (χ1v) is 12.3. The fraction of sp³-hybridized carbons (Fsp3) is 0.346. The predicted molar refractivity (Wildman–Crippen MR) is 132 cm³/mol. The lowest BCUT2D eigenvalue weighted by Gasteiger charge is -2.30. The molecule has 3 aromatic heterocycles. The molecule has 9 nitrogen and oxygen atoms in total. The number of alkyl halides is 3. The highest BCUT2D eigenvalue weighted by atomic mass is 19.4. The van der Waals surface area contributed by atoms with Crippen molar-refractivity contribution in [3.8, 4) is 34.4 Å². The Balaban J connectivity index is 1.31. The van der Waals surface area contributed by atoms with Gasteiger partial charge in [-0.3, -0.25) is 0 Å². The number of methoxy groups -OCH3 is 1. The number of fused-ring (bicyclic) bond motifs is 1. The summed E-state index contributed by atoms with van der Waals surface area (Å²) in [5.41, 5.74) is 0.987. The van der Waals surface area contributed by atoms with Gasteiger partial charge in [0.15, 0.2) is 23.1 Å². The van der Waals surface area contributed by atoms with Crippen LogP contribution in [0.25, 0.3) is 22.8 Å². The van der Waals surface area contributed by atoms with Crippen LogP contribution in [0.5, 0.6) is 11.6 Å². The van der Waals surface area contributed by atoms with Crippen LogP contribution in [-0.4, -0.2) is 49.7 Å². The summed E-state index contributed by atoms with van der Waals surface area (Å²) in [6.45, 7) is 1.16. The van der Waals surface area contributed by atoms with Crippen molar-refractivity contribution in [2.24, 2.45) is 7.05 Å². The van der Waals surface area contributed by atoms with Crippen LogP contribution in [0.3, 0.4) is 0 Å². The average molecular weight is 542 g/mol. The number of hydrogen-bond acceptors (Lipinski definition) is 8. The third-order valence-corrected chi connectivity index (χ3v) is 6.69. The molecule has 0 unspecified atom stereocenters. The minimum atomic E-state index is -4.62. The molecule has 1 saturated carbocycles. The summed E-state index contributed by atoms with van der Waals surface area (Å²) in [6, 6.07) is 4.40. The van der Waals surface area contributed by atoms with Gasteiger partial charge in [-0.25, -0.2) is 29.3 Å². The lowest BCUT2D eigenvalue weighted by atomic mass is 10.1. The summed E-state index contributed by atoms with van der Waals surface area (Å²) >= 11 is 0. The minimum absolute atomic E-state index is 0.0208. The van der Waals surface area contributed by atoms with Gasteiger partial charge < -0.3 is 18.9 Å². The molecule has 6 rings (SSSR count). The molecule has 4 heterocycles. The van der Waals surface area contributed by atoms with E-state index in [0.717, 1.165) is 29.3 Å². The van der Waals surface area contributed by atoms with Gasteiger partial charge in [0.25, 0.3) is 0 Å². The molecule has 1 fully saturated rings. The Bertz CT molecular complexity index is 1550. The van der Waals surface area contributed by atoms with Crippen molar-refractivity contribution in [3.05, 3.63) is 59.7 Å². The van der Waals surface area contributed by atoms with Gasteiger partial charge >= 0.3 is 6.18 Å². The molecule has 1 aromatic carbocycles. The Morgan fingerprint density at radius 3 is 2.64 bits per heavy atom. The van der Waals surface area contributed by atoms with Crippen LogP contribution in [0.2, 0.25) is 0 Å². The summed E-state index contributed by atoms with van der Waals surface area (Å²) in [4.78, 5) is 23.5. The summed E-state index contributed by atoms with van der Waals surface area (Å²) in [7, 11) is 2.93. The van der Waals surface area contributed by atoms with E-state index in [2.05, 4.69) is 19.9 Å². The first-order valence-electron chi connectivity index (χ1n) is 12.3. The second kappa shape index (κ2) is 9.47. The molecule has 13 heteroatoms. The zero-order valence-corrected chi connectivity index (χ0v) is 21.0. The van der Waals surface area contributed by atoms with E-state index in [-0.39, 0.29) is 17.9 Å². The van der Waals surface area contributed by atoms with Crippen molar-refractivity contribution >= 4 is 5.82 Å². The molecule has 0 N–H and O–H groups in total. The molecule has 1 aliphatic heterocycles. The number of aryl methyl sites for hydroxylation is 1. The molecule has 2 aliphatic rings. The monoisotopic (exact) mass is 541 g/mol. The van der Waals surface area contributed by atoms with Gasteiger partial charge in [0.05, 0.1) is 31.1 Å². The van der Waals surface area contributed by atoms with Gasteiger partial charge in [0.1, 0.15) is 30.1 Å². The fourth-order valence-electron chi connectivity index (χ4n) is 4.66. The third-order valence-electron chi connectivity index (χ3n) is 6.69. The smallest absolute Gasteiger partial charge is 0.434 e. The Labute approximate surface area is 220 Å². The number of hydrogen-bond donors (Lipinski definition) is 0. The molecule has 0 saturated heterocycles. The second-order valence-electron chi connectivity index (χ2n) is 9.44. The van der Waals surface area contributed by atoms with Crippen molar-refractivity contribution in [1.82, 2.24) is 29.5 Å². The molecule has 0 bridgehead atoms. The van der Waals surface area contributed by atoms with Crippen molar-refractivity contribution in [2.45, 2.75) is 31.5 Å². The van der Waals surface area contributed by atoms with E-state index < -0.39 is 17.7 Å². The Morgan fingerprint density at radius 1 is 1.13 bits per heavy atom. The highest BCUT2D eigenvalue weighted by Gasteiger charge is 2.35. The number of benzene rings is 1. The van der Waals surface area contributed by atoms with Gasteiger partial charge in [-0.05, 0) is 30.5 Å². The maximum atomic E-state index is 15.1. The summed E-state index contributed by atoms with van der Waals surface area (Å²) in [6.07, 6.45) is 1.32. The maximum Gasteiger partial charge on any atom is 0.434 e. The molecular weight excluding hydrogens is 518 g/mol. The van der Waals surface area contributed by atoms with E-state index in [1.165, 1.54) is 32.6 Å². The first kappa shape index (κ1) is 25.0. The largest absolute Gasteiger partial charge is 0.486 e. The number of halogens is 4. The molecule has 4 aromatic rings. The summed E-state index contributed by atoms with van der Waals surface area (Å²) in [5.74, 6) is 1.33. The lowest BCUT2D eigenvalue weighted by Crippen LogP contribution is -2.33. The molecule has 39 heavy (non-hydrogen) atoms. The molecule has 1 aliphatic carbocycles. The van der Waals surface area contributed by atoms with E-state index in [9.17, 15) is 13.2 Å². The predicted octanol–water partition coefficient (Wildman–Crippen LogP) is 4.78. The first-order chi connectivity index (χ1) is 18.7. The Morgan fingerprint density at radius 2 is 1.95 bits per heavy atom. The van der Waals surface area contributed by atoms with Crippen LogP contribution in [-0.2, 0) is 19.8 Å². The van der Waals surface area contributed by atoms with Crippen LogP contribution >= 0.6 is 0 Å². The molecule has 0 amide bonds. The fourth-order valence-corrected chi connectivity index (χ4v) is 4.66. The van der Waals surface area contributed by atoms with Gasteiger partial charge in [0, 0.05) is 25.7 Å². The lowest BCUT2D eigenvalue weighted by molar-refractivity contribution is -0.140. The molecular formula is C26H23F4N7O2. The van der Waals surface area contributed by atoms with Crippen molar-refractivity contribution < 1.29 is 27.0 Å². The molecule has 0 radical (unpaired) electrons. The third kappa shape index (κ3) is 4.72. The second-order valence-corrected chi connectivity index (χ2v) is 9.44. The quantitative estimate of drug-likeness (QED) is 0.322. The van der Waals surface area contributed by atoms with E-state index in [1.807, 2.05) is 4.90 Å². The highest BCUT2D eigenvalue weighted by Crippen LogP contribution is 2.45. The highest BCUT2D eigenvalue weighted by molar-refractivity contribution is 5.69. The van der Waals surface area contributed by atoms with Crippen molar-refractivity contribution in [2.75, 3.05) is 25.2 Å². The summed E-state index contributed by atoms with van der Waals surface area (Å²) < 4.78 is 66.8. The Hall–Kier alpha value is -4.29. The number of rotatable bonds is 6. The molecule has 0 spiro atoms. The maximum absolute atomic E-state index is 15.1. The number of aromatic nitrogens is 6. The van der Waals surface area contributed by atoms with E-state index in [4.69, 9.17) is 14.5 Å². The van der Waals surface area contributed by atoms with Crippen LogP contribution in [0.15, 0.2) is 36.9 Å². The number of anilines is 1. The van der Waals surface area contributed by atoms with Crippen molar-refractivity contribution in [1.29, 1.82) is 0 Å². The van der Waals surface area contributed by atoms with Gasteiger partial charge in [-0.2, -0.15) is 13.2 Å². The van der Waals surface area contributed by atoms with Crippen LogP contribution in [0.1, 0.15) is 35.7 Å². The minimum Gasteiger partial charge on any atom is -0.486 e. The zero-order chi connectivity index (χ0) is 27.3. The zero-order valence-electron chi connectivity index (χ0n) is 21.0. The van der Waals surface area contributed by atoms with Gasteiger partial charge in [-0.15, -0.1) is 0 Å². The van der Waals surface area contributed by atoms with Crippen LogP contribution < -0.4 is 14.4 Å². The van der Waals surface area contributed by atoms with E-state index >= 15 is 4.39 Å². The van der Waals surface area contributed by atoms with Gasteiger partial charge in [0.2, 0.25) is 5.88 Å². The standard InChI is InChI=1S/C26H23F4N7O2/c1-36-12-19(26(28,29)30)34-23(36)16-6-3-14(9-17(16)27)11-37-7-8-39-18-10-31-22(35-24(18)37)20-21(15-4-5-15)32-13-33-25(20)38-2/h3,6,9-10,12-13,15H,4-5,7-8,11H2,1-2H3. The van der Waals surface area contributed by atoms with Crippen LogP contribution in [0, 0.1) is 5.82 Å². The Kier molecular flexibility index (Phi) is 6.07. The average Bonchev–Trinajstić information content (AvgIpc) is 3.69.